The van der Waals surface area contributed by atoms with E-state index < -0.39 is 23.6 Å². The highest BCUT2D eigenvalue weighted by atomic mass is 19.4. The molecule has 0 aromatic rings. The second kappa shape index (κ2) is 5.26. The van der Waals surface area contributed by atoms with Gasteiger partial charge in [-0.15, -0.1) is 0 Å². The van der Waals surface area contributed by atoms with E-state index in [1.54, 1.807) is 0 Å². The predicted molar refractivity (Wildman–Crippen MR) is 63.9 cm³/mol. The van der Waals surface area contributed by atoms with Crippen LogP contribution in [-0.2, 0) is 9.59 Å². The SMILES string of the molecule is O=C(CC1CCC(C(F)(F)F)CC1)NC1(C(=O)O)CC1. The van der Waals surface area contributed by atoms with Gasteiger partial charge in [0, 0.05) is 6.42 Å². The van der Waals surface area contributed by atoms with Crippen molar-refractivity contribution in [3.05, 3.63) is 0 Å². The number of hydrogen-bond acceptors (Lipinski definition) is 2. The van der Waals surface area contributed by atoms with Crippen molar-refractivity contribution < 1.29 is 27.9 Å². The summed E-state index contributed by atoms with van der Waals surface area (Å²) in [6, 6.07) is 0. The molecule has 0 atom stereocenters. The van der Waals surface area contributed by atoms with Gasteiger partial charge in [-0.1, -0.05) is 0 Å². The lowest BCUT2D eigenvalue weighted by Gasteiger charge is -2.29. The Morgan fingerprint density at radius 2 is 1.70 bits per heavy atom. The van der Waals surface area contributed by atoms with Gasteiger partial charge >= 0.3 is 12.1 Å². The predicted octanol–water partition coefficient (Wildman–Crippen LogP) is 2.48. The molecule has 7 heteroatoms. The summed E-state index contributed by atoms with van der Waals surface area (Å²) in [5.74, 6) is -2.72. The number of carbonyl (C=O) groups is 2. The standard InChI is InChI=1S/C13H18F3NO3/c14-13(15,16)9-3-1-8(2-4-9)7-10(18)17-12(5-6-12)11(19)20/h8-9H,1-7H2,(H,17,18)(H,19,20). The topological polar surface area (TPSA) is 66.4 Å². The molecule has 0 heterocycles. The van der Waals surface area contributed by atoms with Gasteiger partial charge in [0.2, 0.25) is 5.91 Å². The molecule has 1 amide bonds. The van der Waals surface area contributed by atoms with Gasteiger partial charge in [-0.2, -0.15) is 13.2 Å². The van der Waals surface area contributed by atoms with Crippen molar-refractivity contribution in [3.63, 3.8) is 0 Å². The van der Waals surface area contributed by atoms with Crippen LogP contribution in [0.15, 0.2) is 0 Å². The molecule has 2 rings (SSSR count). The van der Waals surface area contributed by atoms with E-state index >= 15 is 0 Å². The highest BCUT2D eigenvalue weighted by Gasteiger charge is 2.51. The van der Waals surface area contributed by atoms with Gasteiger partial charge in [0.1, 0.15) is 5.54 Å². The largest absolute Gasteiger partial charge is 0.480 e. The van der Waals surface area contributed by atoms with Crippen molar-refractivity contribution in [3.8, 4) is 0 Å². The van der Waals surface area contributed by atoms with Gasteiger partial charge in [0.05, 0.1) is 5.92 Å². The Hall–Kier alpha value is -1.27. The van der Waals surface area contributed by atoms with Gasteiger partial charge in [-0.25, -0.2) is 4.79 Å². The summed E-state index contributed by atoms with van der Waals surface area (Å²) in [7, 11) is 0. The summed E-state index contributed by atoms with van der Waals surface area (Å²) >= 11 is 0. The number of nitrogens with one attached hydrogen (secondary N) is 1. The van der Waals surface area contributed by atoms with Crippen LogP contribution < -0.4 is 5.32 Å². The highest BCUT2D eigenvalue weighted by Crippen LogP contribution is 2.41. The lowest BCUT2D eigenvalue weighted by molar-refractivity contribution is -0.184. The van der Waals surface area contributed by atoms with E-state index in [0.717, 1.165) is 0 Å². The Balaban J connectivity index is 1.76. The van der Waals surface area contributed by atoms with E-state index in [1.807, 2.05) is 0 Å². The lowest BCUT2D eigenvalue weighted by Crippen LogP contribution is -2.43. The zero-order valence-electron chi connectivity index (χ0n) is 11.0. The molecular weight excluding hydrogens is 275 g/mol. The minimum absolute atomic E-state index is 0.0610. The fraction of sp³-hybridized carbons (Fsp3) is 0.846. The third kappa shape index (κ3) is 3.43. The molecule has 2 N–H and O–H groups in total. The molecule has 0 aromatic carbocycles. The van der Waals surface area contributed by atoms with Gasteiger partial charge in [-0.05, 0) is 44.4 Å². The molecule has 20 heavy (non-hydrogen) atoms. The highest BCUT2D eigenvalue weighted by molar-refractivity contribution is 5.89. The number of carboxylic acids is 1. The second-order valence-electron chi connectivity index (χ2n) is 5.90. The third-order valence-corrected chi connectivity index (χ3v) is 4.32. The maximum atomic E-state index is 12.5. The maximum Gasteiger partial charge on any atom is 0.391 e. The van der Waals surface area contributed by atoms with Crippen molar-refractivity contribution in [1.29, 1.82) is 0 Å². The van der Waals surface area contributed by atoms with Gasteiger partial charge < -0.3 is 10.4 Å². The molecule has 0 spiro atoms. The van der Waals surface area contributed by atoms with Crippen molar-refractivity contribution >= 4 is 11.9 Å². The van der Waals surface area contributed by atoms with E-state index in [9.17, 15) is 22.8 Å². The zero-order chi connectivity index (χ0) is 15.0. The maximum absolute atomic E-state index is 12.5. The number of aliphatic carboxylic acids is 1. The van der Waals surface area contributed by atoms with E-state index in [0.29, 0.717) is 25.7 Å². The van der Waals surface area contributed by atoms with Crippen molar-refractivity contribution in [2.45, 2.75) is 56.7 Å². The molecule has 0 aliphatic heterocycles. The molecule has 2 saturated carbocycles. The van der Waals surface area contributed by atoms with Crippen LogP contribution in [-0.4, -0.2) is 28.7 Å². The summed E-state index contributed by atoms with van der Waals surface area (Å²) in [6.07, 6.45) is -2.30. The van der Waals surface area contributed by atoms with Gasteiger partial charge in [0.25, 0.3) is 0 Å². The van der Waals surface area contributed by atoms with E-state index in [4.69, 9.17) is 5.11 Å². The normalized spacial score (nSPS) is 28.8. The van der Waals surface area contributed by atoms with E-state index in [1.165, 1.54) is 0 Å². The monoisotopic (exact) mass is 293 g/mol. The van der Waals surface area contributed by atoms with Crippen molar-refractivity contribution in [2.24, 2.45) is 11.8 Å². The van der Waals surface area contributed by atoms with Crippen LogP contribution in [0.1, 0.15) is 44.9 Å². The zero-order valence-corrected chi connectivity index (χ0v) is 11.0. The van der Waals surface area contributed by atoms with Crippen LogP contribution in [0.5, 0.6) is 0 Å². The van der Waals surface area contributed by atoms with Crippen LogP contribution in [0.3, 0.4) is 0 Å². The fourth-order valence-electron chi connectivity index (χ4n) is 2.79. The quantitative estimate of drug-likeness (QED) is 0.837. The molecule has 0 aromatic heterocycles. The fourth-order valence-corrected chi connectivity index (χ4v) is 2.79. The first-order valence-corrected chi connectivity index (χ1v) is 6.84. The summed E-state index contributed by atoms with van der Waals surface area (Å²) < 4.78 is 37.5. The minimum Gasteiger partial charge on any atom is -0.480 e. The Morgan fingerprint density at radius 3 is 2.10 bits per heavy atom. The Morgan fingerprint density at radius 1 is 1.15 bits per heavy atom. The Kier molecular flexibility index (Phi) is 3.97. The second-order valence-corrected chi connectivity index (χ2v) is 5.90. The van der Waals surface area contributed by atoms with Gasteiger partial charge in [-0.3, -0.25) is 4.79 Å². The van der Waals surface area contributed by atoms with E-state index in [2.05, 4.69) is 5.32 Å². The van der Waals surface area contributed by atoms with Crippen molar-refractivity contribution in [2.75, 3.05) is 0 Å². The van der Waals surface area contributed by atoms with Crippen LogP contribution in [0.4, 0.5) is 13.2 Å². The summed E-state index contributed by atoms with van der Waals surface area (Å²) in [6.45, 7) is 0. The lowest BCUT2D eigenvalue weighted by atomic mass is 9.80. The molecule has 114 valence electrons. The number of hydrogen-bond donors (Lipinski definition) is 2. The Bertz CT molecular complexity index is 396. The number of amides is 1. The number of carboxylic acid groups (broad SMARTS) is 1. The molecular formula is C13H18F3NO3. The first-order valence-electron chi connectivity index (χ1n) is 6.84. The average Bonchev–Trinajstić information content (AvgIpc) is 3.09. The molecule has 0 radical (unpaired) electrons. The summed E-state index contributed by atoms with van der Waals surface area (Å²) in [4.78, 5) is 22.7. The van der Waals surface area contributed by atoms with Crippen LogP contribution >= 0.6 is 0 Å². The van der Waals surface area contributed by atoms with Crippen LogP contribution in [0.25, 0.3) is 0 Å². The smallest absolute Gasteiger partial charge is 0.391 e. The van der Waals surface area contributed by atoms with Crippen LogP contribution in [0.2, 0.25) is 0 Å². The molecule has 2 aliphatic rings. The summed E-state index contributed by atoms with van der Waals surface area (Å²) in [5, 5.41) is 11.4. The number of rotatable bonds is 4. The molecule has 0 saturated heterocycles. The number of halogens is 3. The van der Waals surface area contributed by atoms with Crippen molar-refractivity contribution in [1.82, 2.24) is 5.32 Å². The van der Waals surface area contributed by atoms with Gasteiger partial charge in [0.15, 0.2) is 0 Å². The third-order valence-electron chi connectivity index (χ3n) is 4.32. The summed E-state index contributed by atoms with van der Waals surface area (Å²) in [5.41, 5.74) is -1.11. The number of carbonyl (C=O) groups excluding carboxylic acids is 1. The first-order chi connectivity index (χ1) is 9.23. The van der Waals surface area contributed by atoms with Crippen LogP contribution in [0, 0.1) is 11.8 Å². The molecule has 2 fully saturated rings. The molecule has 2 aliphatic carbocycles. The Labute approximate surface area is 114 Å². The molecule has 0 unspecified atom stereocenters. The number of alkyl halides is 3. The first kappa shape index (κ1) is 15.1. The average molecular weight is 293 g/mol. The van der Waals surface area contributed by atoms with E-state index in [-0.39, 0.29) is 31.1 Å². The minimum atomic E-state index is -4.14. The molecule has 4 nitrogen and oxygen atoms in total. The molecule has 0 bridgehead atoms.